The van der Waals surface area contributed by atoms with Gasteiger partial charge in [-0.15, -0.1) is 34.2 Å². The number of carbonyl (C=O) groups excluding carboxylic acids is 2. The number of nitrogen functional groups attached to an aromatic ring is 1. The number of hydrogen-bond acceptors (Lipinski definition) is 28. The van der Waals surface area contributed by atoms with E-state index in [0.717, 1.165) is 36.4 Å². The largest absolute Gasteiger partial charge is 0.508 e. The van der Waals surface area contributed by atoms with E-state index in [-0.39, 0.29) is 87.6 Å². The second-order valence-electron chi connectivity index (χ2n) is 16.2. The summed E-state index contributed by atoms with van der Waals surface area (Å²) < 4.78 is 55.7. The molecule has 0 fully saturated rings. The quantitative estimate of drug-likeness (QED) is 0.00894. The van der Waals surface area contributed by atoms with Crippen LogP contribution in [0.15, 0.2) is 194 Å². The summed E-state index contributed by atoms with van der Waals surface area (Å²) in [7, 11) is -8.21. The van der Waals surface area contributed by atoms with Crippen molar-refractivity contribution in [1.82, 2.24) is 0 Å². The molecule has 424 valence electrons. The van der Waals surface area contributed by atoms with Gasteiger partial charge in [-0.25, -0.2) is 37.6 Å². The van der Waals surface area contributed by atoms with Crippen LogP contribution in [0.25, 0.3) is 21.5 Å². The molecule has 0 saturated carbocycles. The third-order valence-electron chi connectivity index (χ3n) is 10.7. The number of primary sulfonamides is 2. The van der Waals surface area contributed by atoms with Crippen LogP contribution in [0.3, 0.4) is 0 Å². The molecule has 8 rings (SSSR count). The number of benzene rings is 8. The van der Waals surface area contributed by atoms with Crippen molar-refractivity contribution in [2.24, 2.45) is 51.2 Å². The molecule has 8 aromatic rings. The molecule has 0 radical (unpaired) electrons. The van der Waals surface area contributed by atoms with E-state index in [2.05, 4.69) is 65.0 Å². The van der Waals surface area contributed by atoms with E-state index in [9.17, 15) is 52.0 Å². The summed E-state index contributed by atoms with van der Waals surface area (Å²) in [6.45, 7) is 1.20. The minimum atomic E-state index is -4.12. The first-order chi connectivity index (χ1) is 38.5. The third-order valence-corrected chi connectivity index (χ3v) is 13.8. The molecule has 34 heteroatoms. The Morgan fingerprint density at radius 3 is 1.49 bits per heavy atom. The average molecular weight is 1240 g/mol. The van der Waals surface area contributed by atoms with Crippen molar-refractivity contribution in [1.29, 1.82) is 0 Å². The van der Waals surface area contributed by atoms with Crippen LogP contribution in [0, 0.1) is 0 Å². The minimum absolute atomic E-state index is 0. The first kappa shape index (κ1) is 62.6. The summed E-state index contributed by atoms with van der Waals surface area (Å²) in [4.78, 5) is 24.4. The molecule has 0 saturated heterocycles. The zero-order chi connectivity index (χ0) is 58.6. The van der Waals surface area contributed by atoms with Crippen molar-refractivity contribution in [3.8, 4) is 28.7 Å². The number of aromatic hydroxyl groups is 5. The Hall–Kier alpha value is -8.57. The van der Waals surface area contributed by atoms with Gasteiger partial charge in [-0.05, 0) is 115 Å². The van der Waals surface area contributed by atoms with Gasteiger partial charge < -0.3 is 36.6 Å². The van der Waals surface area contributed by atoms with Crippen LogP contribution in [0.5, 0.6) is 28.7 Å². The number of nitrogens with two attached hydrogens (primary N) is 3. The van der Waals surface area contributed by atoms with E-state index >= 15 is 0 Å². The first-order valence-corrected chi connectivity index (χ1v) is 26.8. The zero-order valence-corrected chi connectivity index (χ0v) is 45.9. The maximum Gasteiger partial charge on any atom is 0.258 e. The maximum atomic E-state index is 12.7. The number of anilines is 2. The number of rotatable bonds is 19. The Kier molecular flexibility index (Phi) is 21.2. The number of hydrogen-bond donors (Lipinski definition) is 11. The molecule has 0 aliphatic carbocycles. The summed E-state index contributed by atoms with van der Waals surface area (Å²) in [5.41, 5.74) is 6.39. The summed E-state index contributed by atoms with van der Waals surface area (Å²) in [5, 5.41) is 122. The fourth-order valence-electron chi connectivity index (χ4n) is 6.85. The molecule has 0 aliphatic rings. The minimum Gasteiger partial charge on any atom is -0.508 e. The number of nitrogens with zero attached hydrogens (tertiary/aromatic N) is 8. The van der Waals surface area contributed by atoms with Gasteiger partial charge in [-0.2, -0.15) is 15.3 Å². The van der Waals surface area contributed by atoms with Gasteiger partial charge >= 0.3 is 0 Å². The standard InChI is InChI=1S/C26H22N6O9S2.C22H18N6O8S2.Cr/c1-14(33)23(26(36)28-16-5-3-2-4-6-16)31-29-17-8-7-15-11-22(42-41-40-37)24(25(35)19(15)12-17)32-30-20-13-18(43(27,38)39)9-10-21(20)34;23-16-9-13(29)3-5-17(16)26-25-12-2-1-11-7-20(37-36-35-32)21(22(31)15(11)8-12)28-27-18-10-14(38(24,33)34)4-6-19(18)30;/h2-13,23,34-35,37H,1H3,(H,28,36)(H2,27,38,39);1-10,29-32H,23H2,(H2,24,33,34);. The van der Waals surface area contributed by atoms with Crippen molar-refractivity contribution in [3.63, 3.8) is 0 Å². The van der Waals surface area contributed by atoms with Crippen LogP contribution >= 0.6 is 24.1 Å². The van der Waals surface area contributed by atoms with Crippen LogP contribution in [-0.4, -0.2) is 70.6 Å². The van der Waals surface area contributed by atoms with Crippen LogP contribution in [0.4, 0.5) is 51.2 Å². The van der Waals surface area contributed by atoms with E-state index in [1.54, 1.807) is 48.5 Å². The Labute approximate surface area is 481 Å². The van der Waals surface area contributed by atoms with Crippen molar-refractivity contribution in [3.05, 3.63) is 133 Å². The fraction of sp³-hybridized carbons (Fsp3) is 0.0417. The molecule has 0 bridgehead atoms. The van der Waals surface area contributed by atoms with Crippen LogP contribution in [-0.2, 0) is 65.7 Å². The molecule has 82 heavy (non-hydrogen) atoms. The molecular formula is C48H40CrN12O17S4. The molecule has 0 spiro atoms. The third kappa shape index (κ3) is 16.1. The predicted molar refractivity (Wildman–Crippen MR) is 291 cm³/mol. The second kappa shape index (κ2) is 27.7. The Morgan fingerprint density at radius 2 is 1.04 bits per heavy atom. The van der Waals surface area contributed by atoms with Crippen molar-refractivity contribution < 1.29 is 98.6 Å². The van der Waals surface area contributed by atoms with Gasteiger partial charge in [-0.1, -0.05) is 40.4 Å². The average Bonchev–Trinajstić information content (AvgIpc) is 3.62. The molecule has 0 aromatic heterocycles. The van der Waals surface area contributed by atoms with Crippen LogP contribution in [0.1, 0.15) is 6.92 Å². The maximum absolute atomic E-state index is 12.7. The van der Waals surface area contributed by atoms with Gasteiger partial charge in [0.15, 0.2) is 17.3 Å². The molecule has 8 aromatic carbocycles. The van der Waals surface area contributed by atoms with Crippen LogP contribution in [0.2, 0.25) is 0 Å². The SMILES string of the molecule is CC(=O)C(N=Nc1ccc2cc(SOOO)c(N=Nc3cc(S(N)(=O)=O)ccc3O)c(O)c2c1)C(=O)Nc1ccccc1.Nc1cc(O)ccc1N=Nc1ccc2cc(SOOO)c(N=Nc3cc(S(N)(=O)=O)ccc3O)c(O)c2c1.[Cr]. The number of phenolic OH excluding ortho intramolecular Hbond substituents is 5. The monoisotopic (exact) mass is 1240 g/mol. The Balaban J connectivity index is 0.000000262. The first-order valence-electron chi connectivity index (χ1n) is 22.3. The summed E-state index contributed by atoms with van der Waals surface area (Å²) in [5.74, 6) is -2.94. The molecule has 1 unspecified atom stereocenters. The topological polar surface area (TPSA) is 470 Å². The number of phenols is 5. The molecule has 1 atom stereocenters. The molecule has 29 nitrogen and oxygen atoms in total. The van der Waals surface area contributed by atoms with E-state index in [4.69, 9.17) is 26.5 Å². The van der Waals surface area contributed by atoms with Crippen molar-refractivity contribution >= 4 is 129 Å². The number of azo groups is 4. The fourth-order valence-corrected chi connectivity index (χ4v) is 8.91. The molecular weight excluding hydrogens is 1200 g/mol. The van der Waals surface area contributed by atoms with Crippen LogP contribution < -0.4 is 21.3 Å². The van der Waals surface area contributed by atoms with Crippen molar-refractivity contribution in [2.45, 2.75) is 32.5 Å². The number of Topliss-reactive ketones (excluding diaryl/α,β-unsaturated/α-hetero) is 1. The van der Waals surface area contributed by atoms with Crippen molar-refractivity contribution in [2.75, 3.05) is 11.1 Å². The van der Waals surface area contributed by atoms with Gasteiger partial charge in [0, 0.05) is 39.9 Å². The summed E-state index contributed by atoms with van der Waals surface area (Å²) in [6.07, 6.45) is 0. The number of carbonyl (C=O) groups is 2. The van der Waals surface area contributed by atoms with Gasteiger partial charge in [0.1, 0.15) is 45.7 Å². The number of sulfonamides is 2. The predicted octanol–water partition coefficient (Wildman–Crippen LogP) is 10.9. The summed E-state index contributed by atoms with van der Waals surface area (Å²) >= 11 is 0.957. The molecule has 14 N–H and O–H groups in total. The number of nitrogens with one attached hydrogen (secondary N) is 1. The van der Waals surface area contributed by atoms with Gasteiger partial charge in [0.05, 0.1) is 60.7 Å². The van der Waals surface area contributed by atoms with Gasteiger partial charge in [0.25, 0.3) is 5.91 Å². The van der Waals surface area contributed by atoms with E-state index < -0.39 is 60.8 Å². The molecule has 1 amide bonds. The van der Waals surface area contributed by atoms with E-state index in [1.807, 2.05) is 0 Å². The Morgan fingerprint density at radius 1 is 0.561 bits per heavy atom. The summed E-state index contributed by atoms with van der Waals surface area (Å²) in [6, 6.07) is 29.7. The number of fused-ring (bicyclic) bond motifs is 2. The molecule has 0 aliphatic heterocycles. The van der Waals surface area contributed by atoms with E-state index in [0.29, 0.717) is 51.9 Å². The molecule has 0 heterocycles. The smallest absolute Gasteiger partial charge is 0.258 e. The van der Waals surface area contributed by atoms with Gasteiger partial charge in [-0.3, -0.25) is 9.59 Å². The second-order valence-corrected chi connectivity index (χ2v) is 20.8. The number of ketones is 1. The number of amides is 1. The van der Waals surface area contributed by atoms with Gasteiger partial charge in [0.2, 0.25) is 26.1 Å². The normalized spacial score (nSPS) is 12.3. The number of para-hydroxylation sites is 1. The Bertz CT molecular complexity index is 4070. The van der Waals surface area contributed by atoms with E-state index in [1.165, 1.54) is 55.5 Å². The zero-order valence-electron chi connectivity index (χ0n) is 41.3.